The number of aromatic carboxylic acids is 1. The summed E-state index contributed by atoms with van der Waals surface area (Å²) in [6, 6.07) is 13.9. The number of carbonyl (C=O) groups is 1. The number of hydrogen-bond acceptors (Lipinski definition) is 4. The molecule has 0 radical (unpaired) electrons. The molecule has 0 heterocycles. The number of rotatable bonds is 4. The Kier molecular flexibility index (Phi) is 6.58. The van der Waals surface area contributed by atoms with Crippen molar-refractivity contribution in [2.45, 2.75) is 13.3 Å². The van der Waals surface area contributed by atoms with Crippen LogP contribution in [-0.4, -0.2) is 5.97 Å². The van der Waals surface area contributed by atoms with Gasteiger partial charge >= 0.3 is 29.6 Å². The SMILES string of the molecule is CCc1ccc(N=Nc2ccc(C(=O)[O-])cc2)cc1.[Na+]. The summed E-state index contributed by atoms with van der Waals surface area (Å²) in [5, 5.41) is 18.7. The van der Waals surface area contributed by atoms with E-state index in [0.29, 0.717) is 5.69 Å². The molecule has 0 aliphatic rings. The standard InChI is InChI=1S/C15H14N2O2.Na/c1-2-11-3-7-13(8-4-11)16-17-14-9-5-12(6-10-14)15(18)19;/h3-10H,2H2,1H3,(H,18,19);/q;+1/p-1. The number of hydrogen-bond donors (Lipinski definition) is 0. The second-order valence-corrected chi connectivity index (χ2v) is 4.05. The number of azo groups is 1. The maximum absolute atomic E-state index is 10.6. The van der Waals surface area contributed by atoms with E-state index in [4.69, 9.17) is 0 Å². The molecule has 2 aromatic carbocycles. The van der Waals surface area contributed by atoms with Gasteiger partial charge in [0.05, 0.1) is 17.3 Å². The minimum Gasteiger partial charge on any atom is -0.545 e. The molecule has 2 rings (SSSR count). The summed E-state index contributed by atoms with van der Waals surface area (Å²) in [5.41, 5.74) is 2.74. The Hall–Kier alpha value is -1.49. The van der Waals surface area contributed by atoms with E-state index in [1.54, 1.807) is 12.1 Å². The molecule has 0 saturated carbocycles. The quantitative estimate of drug-likeness (QED) is 0.584. The van der Waals surface area contributed by atoms with E-state index in [2.05, 4.69) is 17.2 Å². The summed E-state index contributed by atoms with van der Waals surface area (Å²) in [6.07, 6.45) is 0.988. The first-order valence-electron chi connectivity index (χ1n) is 6.01. The van der Waals surface area contributed by atoms with Crippen LogP contribution in [-0.2, 0) is 6.42 Å². The third-order valence-electron chi connectivity index (χ3n) is 2.73. The average Bonchev–Trinajstić information content (AvgIpc) is 2.46. The first-order valence-corrected chi connectivity index (χ1v) is 6.01. The Morgan fingerprint density at radius 1 is 0.950 bits per heavy atom. The topological polar surface area (TPSA) is 64.8 Å². The van der Waals surface area contributed by atoms with Crippen molar-refractivity contribution >= 4 is 17.3 Å². The molecule has 4 nitrogen and oxygen atoms in total. The third-order valence-corrected chi connectivity index (χ3v) is 2.73. The first-order chi connectivity index (χ1) is 9.19. The number of nitrogens with zero attached hydrogens (tertiary/aromatic N) is 2. The van der Waals surface area contributed by atoms with Crippen molar-refractivity contribution in [1.82, 2.24) is 0 Å². The van der Waals surface area contributed by atoms with Crippen LogP contribution in [0.1, 0.15) is 22.8 Å². The monoisotopic (exact) mass is 276 g/mol. The van der Waals surface area contributed by atoms with Gasteiger partial charge in [-0.2, -0.15) is 10.2 Å². The smallest absolute Gasteiger partial charge is 0.545 e. The summed E-state index contributed by atoms with van der Waals surface area (Å²) in [7, 11) is 0. The van der Waals surface area contributed by atoms with Gasteiger partial charge in [-0.1, -0.05) is 31.2 Å². The van der Waals surface area contributed by atoms with Crippen LogP contribution < -0.4 is 34.7 Å². The first kappa shape index (κ1) is 16.6. The van der Waals surface area contributed by atoms with E-state index in [1.807, 2.05) is 24.3 Å². The molecule has 0 aromatic heterocycles. The Balaban J connectivity index is 0.00000200. The fourth-order valence-electron chi connectivity index (χ4n) is 1.58. The molecule has 96 valence electrons. The van der Waals surface area contributed by atoms with Crippen molar-refractivity contribution in [2.24, 2.45) is 10.2 Å². The van der Waals surface area contributed by atoms with Crippen LogP contribution in [0, 0.1) is 0 Å². The largest absolute Gasteiger partial charge is 1.00 e. The summed E-state index contributed by atoms with van der Waals surface area (Å²) < 4.78 is 0. The molecule has 0 bridgehead atoms. The minimum atomic E-state index is -1.20. The van der Waals surface area contributed by atoms with Gasteiger partial charge in [0.2, 0.25) is 0 Å². The van der Waals surface area contributed by atoms with Gasteiger partial charge in [-0.25, -0.2) is 0 Å². The molecule has 0 fully saturated rings. The maximum atomic E-state index is 10.6. The summed E-state index contributed by atoms with van der Waals surface area (Å²) in [6.45, 7) is 2.09. The van der Waals surface area contributed by atoms with Crippen molar-refractivity contribution in [2.75, 3.05) is 0 Å². The molecule has 0 saturated heterocycles. The zero-order valence-corrected chi connectivity index (χ0v) is 13.5. The summed E-state index contributed by atoms with van der Waals surface area (Å²) in [5.74, 6) is -1.20. The summed E-state index contributed by atoms with van der Waals surface area (Å²) >= 11 is 0. The number of carbonyl (C=O) groups excluding carboxylic acids is 1. The number of carboxylic acids is 1. The molecular formula is C15H13N2NaO2. The van der Waals surface area contributed by atoms with Crippen LogP contribution in [0.5, 0.6) is 0 Å². The molecule has 0 N–H and O–H groups in total. The van der Waals surface area contributed by atoms with Crippen LogP contribution in [0.25, 0.3) is 0 Å². The van der Waals surface area contributed by atoms with Crippen molar-refractivity contribution in [3.05, 3.63) is 59.7 Å². The number of benzene rings is 2. The second-order valence-electron chi connectivity index (χ2n) is 4.05. The van der Waals surface area contributed by atoms with E-state index in [-0.39, 0.29) is 35.1 Å². The van der Waals surface area contributed by atoms with Gasteiger partial charge in [-0.05, 0) is 41.8 Å². The Morgan fingerprint density at radius 2 is 1.40 bits per heavy atom. The van der Waals surface area contributed by atoms with Gasteiger partial charge in [-0.15, -0.1) is 0 Å². The number of carboxylic acid groups (broad SMARTS) is 1. The predicted molar refractivity (Wildman–Crippen MR) is 70.8 cm³/mol. The molecule has 2 aromatic rings. The molecule has 5 heteroatoms. The maximum Gasteiger partial charge on any atom is 1.00 e. The zero-order valence-electron chi connectivity index (χ0n) is 11.5. The van der Waals surface area contributed by atoms with Crippen LogP contribution in [0.15, 0.2) is 58.8 Å². The normalized spacial score (nSPS) is 10.2. The van der Waals surface area contributed by atoms with E-state index >= 15 is 0 Å². The van der Waals surface area contributed by atoms with Gasteiger partial charge in [-0.3, -0.25) is 0 Å². The average molecular weight is 276 g/mol. The van der Waals surface area contributed by atoms with Crippen LogP contribution in [0.3, 0.4) is 0 Å². The van der Waals surface area contributed by atoms with Crippen molar-refractivity contribution in [1.29, 1.82) is 0 Å². The molecule has 0 aliphatic carbocycles. The Morgan fingerprint density at radius 3 is 1.80 bits per heavy atom. The molecule has 20 heavy (non-hydrogen) atoms. The van der Waals surface area contributed by atoms with E-state index < -0.39 is 5.97 Å². The van der Waals surface area contributed by atoms with Gasteiger partial charge < -0.3 is 9.90 Å². The summed E-state index contributed by atoms with van der Waals surface area (Å²) in [4.78, 5) is 10.6. The van der Waals surface area contributed by atoms with Gasteiger partial charge in [0.15, 0.2) is 0 Å². The second kappa shape index (κ2) is 7.94. The van der Waals surface area contributed by atoms with Gasteiger partial charge in [0.25, 0.3) is 0 Å². The Bertz CT molecular complexity index is 592. The van der Waals surface area contributed by atoms with Crippen molar-refractivity contribution in [3.63, 3.8) is 0 Å². The Labute approximate surface area is 139 Å². The molecular weight excluding hydrogens is 263 g/mol. The molecule has 0 spiro atoms. The van der Waals surface area contributed by atoms with Crippen LogP contribution in [0.2, 0.25) is 0 Å². The van der Waals surface area contributed by atoms with Crippen LogP contribution in [0.4, 0.5) is 11.4 Å². The minimum absolute atomic E-state index is 0. The molecule has 0 atom stereocenters. The fourth-order valence-corrected chi connectivity index (χ4v) is 1.58. The van der Waals surface area contributed by atoms with Crippen molar-refractivity contribution < 1.29 is 39.5 Å². The van der Waals surface area contributed by atoms with E-state index in [0.717, 1.165) is 12.1 Å². The van der Waals surface area contributed by atoms with Crippen LogP contribution >= 0.6 is 0 Å². The van der Waals surface area contributed by atoms with Gasteiger partial charge in [0, 0.05) is 0 Å². The molecule has 0 unspecified atom stereocenters. The van der Waals surface area contributed by atoms with Crippen molar-refractivity contribution in [3.8, 4) is 0 Å². The molecule has 0 aliphatic heterocycles. The zero-order chi connectivity index (χ0) is 13.7. The third kappa shape index (κ3) is 4.56. The van der Waals surface area contributed by atoms with Gasteiger partial charge in [0.1, 0.15) is 0 Å². The fraction of sp³-hybridized carbons (Fsp3) is 0.133. The van der Waals surface area contributed by atoms with E-state index in [1.165, 1.54) is 17.7 Å². The number of aryl methyl sites for hydroxylation is 1. The predicted octanol–water partition coefficient (Wildman–Crippen LogP) is 0.0319. The molecule has 0 amide bonds. The van der Waals surface area contributed by atoms with E-state index in [9.17, 15) is 9.90 Å².